The summed E-state index contributed by atoms with van der Waals surface area (Å²) in [5, 5.41) is 0. The normalized spacial score (nSPS) is 19.1. The SMILES string of the molecule is CCCCCC1CCC(c2ccc(OCCCCCCCCCCCO[PH](=O)O)c(F)c2F)CC1. The first-order valence-corrected chi connectivity index (χ1v) is 15.3. The highest BCUT2D eigenvalue weighted by Crippen LogP contribution is 2.40. The van der Waals surface area contributed by atoms with Crippen molar-refractivity contribution in [2.45, 2.75) is 122 Å². The first-order chi connectivity index (χ1) is 17.0. The Labute approximate surface area is 212 Å². The lowest BCUT2D eigenvalue weighted by atomic mass is 9.77. The number of ether oxygens (including phenoxy) is 1. The zero-order valence-corrected chi connectivity index (χ0v) is 22.7. The summed E-state index contributed by atoms with van der Waals surface area (Å²) in [4.78, 5) is 8.58. The van der Waals surface area contributed by atoms with Gasteiger partial charge in [0.25, 0.3) is 0 Å². The molecule has 4 nitrogen and oxygen atoms in total. The minimum atomic E-state index is -2.78. The summed E-state index contributed by atoms with van der Waals surface area (Å²) >= 11 is 0. The molecule has 1 N–H and O–H groups in total. The molecule has 1 aromatic rings. The van der Waals surface area contributed by atoms with E-state index >= 15 is 0 Å². The molecule has 0 aromatic heterocycles. The lowest BCUT2D eigenvalue weighted by molar-refractivity contribution is 0.273. The Morgan fingerprint density at radius 1 is 0.829 bits per heavy atom. The number of rotatable bonds is 19. The largest absolute Gasteiger partial charge is 0.490 e. The van der Waals surface area contributed by atoms with E-state index in [1.165, 1.54) is 32.1 Å². The van der Waals surface area contributed by atoms with Gasteiger partial charge in [-0.2, -0.15) is 4.39 Å². The molecule has 1 fully saturated rings. The molecule has 0 amide bonds. The molecule has 202 valence electrons. The van der Waals surface area contributed by atoms with Crippen LogP contribution in [0.3, 0.4) is 0 Å². The predicted molar refractivity (Wildman–Crippen MR) is 139 cm³/mol. The number of halogens is 2. The van der Waals surface area contributed by atoms with Gasteiger partial charge in [-0.25, -0.2) is 4.39 Å². The molecule has 1 aliphatic rings. The standard InChI is InChI=1S/C28H47F2O4P/c1-2-3-11-14-23-15-17-24(18-16-23)25-19-20-26(28(30)27(25)29)33-21-12-9-7-5-4-6-8-10-13-22-34-35(31)32/h19-20,23-24,35H,2-18,21-22H2,1H3,(H,31,32). The molecule has 0 spiro atoms. The Morgan fingerprint density at radius 3 is 2.03 bits per heavy atom. The van der Waals surface area contributed by atoms with Crippen LogP contribution < -0.4 is 4.74 Å². The molecular weight excluding hydrogens is 469 g/mol. The van der Waals surface area contributed by atoms with Crippen LogP contribution in [0.1, 0.15) is 128 Å². The highest BCUT2D eigenvalue weighted by Gasteiger charge is 2.26. The third-order valence-electron chi connectivity index (χ3n) is 7.35. The van der Waals surface area contributed by atoms with Crippen molar-refractivity contribution in [2.75, 3.05) is 13.2 Å². The van der Waals surface area contributed by atoms with Gasteiger partial charge in [0.2, 0.25) is 5.82 Å². The number of unbranched alkanes of at least 4 members (excludes halogenated alkanes) is 10. The molecule has 2 rings (SSSR count). The van der Waals surface area contributed by atoms with Gasteiger partial charge >= 0.3 is 8.25 Å². The fourth-order valence-corrected chi connectivity index (χ4v) is 5.52. The van der Waals surface area contributed by atoms with Crippen molar-refractivity contribution in [1.29, 1.82) is 0 Å². The van der Waals surface area contributed by atoms with Gasteiger partial charge in [-0.1, -0.05) is 83.6 Å². The quantitative estimate of drug-likeness (QED) is 0.147. The monoisotopic (exact) mass is 516 g/mol. The third kappa shape index (κ3) is 12.2. The van der Waals surface area contributed by atoms with Gasteiger partial charge < -0.3 is 14.2 Å². The molecule has 0 heterocycles. The summed E-state index contributed by atoms with van der Waals surface area (Å²) < 4.78 is 50.1. The Kier molecular flexibility index (Phi) is 15.8. The van der Waals surface area contributed by atoms with Crippen molar-refractivity contribution < 1.29 is 27.5 Å². The summed E-state index contributed by atoms with van der Waals surface area (Å²) in [5.41, 5.74) is 0.527. The molecule has 0 bridgehead atoms. The van der Waals surface area contributed by atoms with Crippen LogP contribution in [0.25, 0.3) is 0 Å². The van der Waals surface area contributed by atoms with Gasteiger partial charge in [0.1, 0.15) is 0 Å². The van der Waals surface area contributed by atoms with Gasteiger partial charge in [0.05, 0.1) is 13.2 Å². The Morgan fingerprint density at radius 2 is 1.43 bits per heavy atom. The van der Waals surface area contributed by atoms with Crippen LogP contribution in [0.15, 0.2) is 12.1 Å². The van der Waals surface area contributed by atoms with Gasteiger partial charge in [0.15, 0.2) is 11.6 Å². The molecule has 0 radical (unpaired) electrons. The number of benzene rings is 1. The fraction of sp³-hybridized carbons (Fsp3) is 0.786. The van der Waals surface area contributed by atoms with E-state index in [1.807, 2.05) is 0 Å². The van der Waals surface area contributed by atoms with E-state index in [0.29, 0.717) is 18.8 Å². The van der Waals surface area contributed by atoms with E-state index in [4.69, 9.17) is 9.63 Å². The lowest BCUT2D eigenvalue weighted by Gasteiger charge is -2.29. The summed E-state index contributed by atoms with van der Waals surface area (Å²) in [6.45, 7) is 2.99. The predicted octanol–water partition coefficient (Wildman–Crippen LogP) is 9.11. The minimum absolute atomic E-state index is 0.0370. The Bertz CT molecular complexity index is 723. The second kappa shape index (κ2) is 18.3. The number of hydrogen-bond donors (Lipinski definition) is 1. The molecule has 1 aliphatic carbocycles. The van der Waals surface area contributed by atoms with E-state index < -0.39 is 19.9 Å². The fourth-order valence-electron chi connectivity index (χ4n) is 5.20. The lowest BCUT2D eigenvalue weighted by Crippen LogP contribution is -2.15. The second-order valence-corrected chi connectivity index (χ2v) is 11.0. The summed E-state index contributed by atoms with van der Waals surface area (Å²) in [7, 11) is -2.78. The van der Waals surface area contributed by atoms with Gasteiger partial charge in [0, 0.05) is 0 Å². The van der Waals surface area contributed by atoms with Gasteiger partial charge in [-0.3, -0.25) is 4.57 Å². The maximum atomic E-state index is 14.8. The first kappa shape index (κ1) is 30.3. The molecule has 0 saturated heterocycles. The molecule has 0 aliphatic heterocycles. The van der Waals surface area contributed by atoms with E-state index in [0.717, 1.165) is 83.0 Å². The zero-order valence-electron chi connectivity index (χ0n) is 21.7. The molecule has 1 aromatic carbocycles. The first-order valence-electron chi connectivity index (χ1n) is 14.0. The topological polar surface area (TPSA) is 55.8 Å². The Hall–Kier alpha value is -0.970. The molecule has 1 atom stereocenters. The summed E-state index contributed by atoms with van der Waals surface area (Å²) in [6, 6.07) is 3.36. The molecule has 1 unspecified atom stereocenters. The van der Waals surface area contributed by atoms with E-state index in [-0.39, 0.29) is 11.7 Å². The van der Waals surface area contributed by atoms with Crippen molar-refractivity contribution in [3.05, 3.63) is 29.3 Å². The maximum absolute atomic E-state index is 14.8. The summed E-state index contributed by atoms with van der Waals surface area (Å²) in [6.07, 6.45) is 18.6. The van der Waals surface area contributed by atoms with Crippen molar-refractivity contribution >= 4 is 8.25 Å². The van der Waals surface area contributed by atoms with Crippen molar-refractivity contribution in [1.82, 2.24) is 0 Å². The van der Waals surface area contributed by atoms with E-state index in [1.54, 1.807) is 12.1 Å². The average Bonchev–Trinajstić information content (AvgIpc) is 2.85. The van der Waals surface area contributed by atoms with Gasteiger partial charge in [-0.05, 0) is 62.0 Å². The minimum Gasteiger partial charge on any atom is -0.490 e. The van der Waals surface area contributed by atoms with Crippen LogP contribution in [0.5, 0.6) is 5.75 Å². The van der Waals surface area contributed by atoms with Crippen molar-refractivity contribution in [2.24, 2.45) is 5.92 Å². The zero-order chi connectivity index (χ0) is 25.3. The van der Waals surface area contributed by atoms with Crippen LogP contribution in [0, 0.1) is 17.6 Å². The molecular formula is C28H47F2O4P. The average molecular weight is 517 g/mol. The molecule has 7 heteroatoms. The third-order valence-corrected chi connectivity index (χ3v) is 7.80. The summed E-state index contributed by atoms with van der Waals surface area (Å²) in [5.74, 6) is -0.629. The van der Waals surface area contributed by atoms with Crippen LogP contribution in [0.4, 0.5) is 8.78 Å². The van der Waals surface area contributed by atoms with Crippen molar-refractivity contribution in [3.8, 4) is 5.75 Å². The van der Waals surface area contributed by atoms with Gasteiger partial charge in [-0.15, -0.1) is 0 Å². The molecule has 1 saturated carbocycles. The van der Waals surface area contributed by atoms with Crippen LogP contribution in [-0.4, -0.2) is 18.1 Å². The second-order valence-electron chi connectivity index (χ2n) is 10.1. The number of hydrogen-bond acceptors (Lipinski definition) is 3. The van der Waals surface area contributed by atoms with Crippen LogP contribution in [-0.2, 0) is 9.09 Å². The Balaban J connectivity index is 1.56. The maximum Gasteiger partial charge on any atom is 0.316 e. The molecule has 35 heavy (non-hydrogen) atoms. The van der Waals surface area contributed by atoms with E-state index in [9.17, 15) is 13.3 Å². The highest BCUT2D eigenvalue weighted by atomic mass is 31.1. The van der Waals surface area contributed by atoms with E-state index in [2.05, 4.69) is 11.4 Å². The van der Waals surface area contributed by atoms with Crippen LogP contribution in [0.2, 0.25) is 0 Å². The van der Waals surface area contributed by atoms with Crippen LogP contribution >= 0.6 is 8.25 Å². The smallest absolute Gasteiger partial charge is 0.316 e. The highest BCUT2D eigenvalue weighted by molar-refractivity contribution is 7.32. The van der Waals surface area contributed by atoms with Crippen molar-refractivity contribution in [3.63, 3.8) is 0 Å².